The van der Waals surface area contributed by atoms with E-state index in [1.54, 1.807) is 24.5 Å². The molecule has 8 heteroatoms. The highest BCUT2D eigenvalue weighted by Crippen LogP contribution is 2.21. The van der Waals surface area contributed by atoms with Crippen LogP contribution < -0.4 is 5.32 Å². The maximum atomic E-state index is 9.77. The fraction of sp³-hybridized carbons (Fsp3) is 0.615. The zero-order chi connectivity index (χ0) is 15.2. The van der Waals surface area contributed by atoms with E-state index in [1.165, 1.54) is 0 Å². The third-order valence-corrected chi connectivity index (χ3v) is 3.24. The first-order valence-corrected chi connectivity index (χ1v) is 6.69. The van der Waals surface area contributed by atoms with Gasteiger partial charge in [-0.05, 0) is 12.1 Å². The monoisotopic (exact) mass is 300 g/mol. The van der Waals surface area contributed by atoms with Crippen molar-refractivity contribution in [3.05, 3.63) is 24.5 Å². The molecule has 0 bridgehead atoms. The Morgan fingerprint density at radius 2 is 1.86 bits per heavy atom. The molecule has 0 spiro atoms. The molecule has 1 aromatic rings. The second-order valence-electron chi connectivity index (χ2n) is 4.73. The van der Waals surface area contributed by atoms with E-state index in [4.69, 9.17) is 14.6 Å². The number of rotatable bonds is 6. The van der Waals surface area contributed by atoms with Gasteiger partial charge in [-0.25, -0.2) is 0 Å². The van der Waals surface area contributed by atoms with Gasteiger partial charge in [-0.1, -0.05) is 0 Å². The van der Waals surface area contributed by atoms with Gasteiger partial charge < -0.3 is 35.2 Å². The molecule has 0 saturated carbocycles. The van der Waals surface area contributed by atoms with Crippen LogP contribution in [0.25, 0.3) is 0 Å². The maximum absolute atomic E-state index is 9.77. The first-order valence-electron chi connectivity index (χ1n) is 6.69. The fourth-order valence-electron chi connectivity index (χ4n) is 2.05. The van der Waals surface area contributed by atoms with Crippen LogP contribution in [-0.4, -0.2) is 75.9 Å². The topological polar surface area (TPSA) is 124 Å². The van der Waals surface area contributed by atoms with Crippen molar-refractivity contribution in [3.63, 3.8) is 0 Å². The summed E-state index contributed by atoms with van der Waals surface area (Å²) in [6.07, 6.45) is -2.92. The van der Waals surface area contributed by atoms with Gasteiger partial charge in [-0.3, -0.25) is 4.98 Å². The Kier molecular flexibility index (Phi) is 5.85. The zero-order valence-corrected chi connectivity index (χ0v) is 11.4. The number of nitrogens with one attached hydrogen (secondary N) is 1. The summed E-state index contributed by atoms with van der Waals surface area (Å²) in [6, 6.07) is 3.60. The van der Waals surface area contributed by atoms with Crippen molar-refractivity contribution in [1.82, 2.24) is 4.98 Å². The van der Waals surface area contributed by atoms with E-state index in [1.807, 2.05) is 0 Å². The molecule has 21 heavy (non-hydrogen) atoms. The van der Waals surface area contributed by atoms with Gasteiger partial charge in [0.1, 0.15) is 24.4 Å². The van der Waals surface area contributed by atoms with Gasteiger partial charge in [-0.15, -0.1) is 0 Å². The minimum Gasteiger partial charge on any atom is -0.394 e. The molecule has 3 unspecified atom stereocenters. The molecule has 1 aliphatic rings. The molecule has 8 nitrogen and oxygen atoms in total. The van der Waals surface area contributed by atoms with Crippen molar-refractivity contribution in [2.45, 2.75) is 30.7 Å². The molecule has 118 valence electrons. The lowest BCUT2D eigenvalue weighted by Crippen LogP contribution is -2.59. The maximum Gasteiger partial charge on any atom is 0.186 e. The average molecular weight is 300 g/mol. The van der Waals surface area contributed by atoms with Crippen LogP contribution in [0, 0.1) is 0 Å². The van der Waals surface area contributed by atoms with Crippen molar-refractivity contribution in [2.75, 3.05) is 25.1 Å². The first kappa shape index (κ1) is 16.1. The molecule has 2 rings (SSSR count). The third-order valence-electron chi connectivity index (χ3n) is 3.24. The van der Waals surface area contributed by atoms with Gasteiger partial charge in [-0.2, -0.15) is 0 Å². The number of nitrogens with zero attached hydrogens (tertiary/aromatic N) is 1. The van der Waals surface area contributed by atoms with Crippen LogP contribution in [0.3, 0.4) is 0 Å². The summed E-state index contributed by atoms with van der Waals surface area (Å²) in [5.74, 6) is 0. The van der Waals surface area contributed by atoms with Gasteiger partial charge in [0.15, 0.2) is 6.29 Å². The standard InChI is InChI=1S/C13H20N2O6/c16-7-9-10(17)11(18)12(19)13(21-9)20-6-5-15-8-1-3-14-4-2-8/h1-4,9-13,16-19H,5-7H2,(H,14,15)/t9?,10-,11?,12?,13+/m0/s1. The Labute approximate surface area is 122 Å². The number of aromatic nitrogens is 1. The number of pyridine rings is 1. The number of hydrogen-bond donors (Lipinski definition) is 5. The van der Waals surface area contributed by atoms with E-state index < -0.39 is 37.3 Å². The van der Waals surface area contributed by atoms with Crippen LogP contribution in [-0.2, 0) is 9.47 Å². The molecule has 1 saturated heterocycles. The van der Waals surface area contributed by atoms with Gasteiger partial charge in [0.25, 0.3) is 0 Å². The highest BCUT2D eigenvalue weighted by atomic mass is 16.7. The average Bonchev–Trinajstić information content (AvgIpc) is 2.52. The Morgan fingerprint density at radius 3 is 2.52 bits per heavy atom. The van der Waals surface area contributed by atoms with Gasteiger partial charge in [0.05, 0.1) is 13.2 Å². The molecule has 0 aromatic carbocycles. The second-order valence-corrected chi connectivity index (χ2v) is 4.73. The summed E-state index contributed by atoms with van der Waals surface area (Å²) in [6.45, 7) is 0.199. The largest absolute Gasteiger partial charge is 0.394 e. The molecular formula is C13H20N2O6. The summed E-state index contributed by atoms with van der Waals surface area (Å²) in [5, 5.41) is 41.1. The lowest BCUT2D eigenvalue weighted by atomic mass is 9.99. The van der Waals surface area contributed by atoms with Crippen LogP contribution >= 0.6 is 0 Å². The summed E-state index contributed by atoms with van der Waals surface area (Å²) < 4.78 is 10.5. The Bertz CT molecular complexity index is 418. The molecule has 0 amide bonds. The first-order chi connectivity index (χ1) is 10.1. The van der Waals surface area contributed by atoms with Gasteiger partial charge in [0.2, 0.25) is 0 Å². The quantitative estimate of drug-likeness (QED) is 0.394. The summed E-state index contributed by atoms with van der Waals surface area (Å²) in [7, 11) is 0. The Morgan fingerprint density at radius 1 is 1.14 bits per heavy atom. The second kappa shape index (κ2) is 7.64. The summed E-state index contributed by atoms with van der Waals surface area (Å²) >= 11 is 0. The molecule has 1 fully saturated rings. The normalized spacial score (nSPS) is 32.9. The van der Waals surface area contributed by atoms with Gasteiger partial charge >= 0.3 is 0 Å². The van der Waals surface area contributed by atoms with Crippen molar-refractivity contribution < 1.29 is 29.9 Å². The highest BCUT2D eigenvalue weighted by Gasteiger charge is 2.43. The molecule has 5 N–H and O–H groups in total. The SMILES string of the molecule is OCC1O[C@@H](OCCNc2ccncc2)C(O)C(O)[C@H]1O. The summed E-state index contributed by atoms with van der Waals surface area (Å²) in [5.41, 5.74) is 0.877. The lowest BCUT2D eigenvalue weighted by molar-refractivity contribution is -0.300. The molecule has 2 heterocycles. The van der Waals surface area contributed by atoms with E-state index in [-0.39, 0.29) is 6.61 Å². The number of hydrogen-bond acceptors (Lipinski definition) is 8. The van der Waals surface area contributed by atoms with Gasteiger partial charge in [0, 0.05) is 24.6 Å². The van der Waals surface area contributed by atoms with E-state index in [2.05, 4.69) is 10.3 Å². The third kappa shape index (κ3) is 4.10. The Balaban J connectivity index is 1.77. The Hall–Kier alpha value is -1.29. The molecule has 1 aliphatic heterocycles. The van der Waals surface area contributed by atoms with Crippen LogP contribution in [0.5, 0.6) is 0 Å². The smallest absolute Gasteiger partial charge is 0.186 e. The molecule has 5 atom stereocenters. The molecule has 0 radical (unpaired) electrons. The molecular weight excluding hydrogens is 280 g/mol. The minimum atomic E-state index is -1.42. The van der Waals surface area contributed by atoms with Crippen molar-refractivity contribution >= 4 is 5.69 Å². The van der Waals surface area contributed by atoms with Crippen LogP contribution in [0.2, 0.25) is 0 Å². The summed E-state index contributed by atoms with van der Waals surface area (Å²) in [4.78, 5) is 3.89. The van der Waals surface area contributed by atoms with Crippen LogP contribution in [0.4, 0.5) is 5.69 Å². The zero-order valence-electron chi connectivity index (χ0n) is 11.4. The van der Waals surface area contributed by atoms with E-state index in [9.17, 15) is 15.3 Å². The van der Waals surface area contributed by atoms with Crippen LogP contribution in [0.15, 0.2) is 24.5 Å². The number of aliphatic hydroxyl groups excluding tert-OH is 4. The predicted molar refractivity (Wildman–Crippen MR) is 72.4 cm³/mol. The van der Waals surface area contributed by atoms with Crippen LogP contribution in [0.1, 0.15) is 0 Å². The number of aliphatic hydroxyl groups is 4. The predicted octanol–water partition coefficient (Wildman–Crippen LogP) is -1.69. The number of anilines is 1. The van der Waals surface area contributed by atoms with Crippen molar-refractivity contribution in [1.29, 1.82) is 0 Å². The lowest BCUT2D eigenvalue weighted by Gasteiger charge is -2.39. The fourth-order valence-corrected chi connectivity index (χ4v) is 2.05. The van der Waals surface area contributed by atoms with E-state index in [0.717, 1.165) is 5.69 Å². The van der Waals surface area contributed by atoms with E-state index >= 15 is 0 Å². The van der Waals surface area contributed by atoms with E-state index in [0.29, 0.717) is 6.54 Å². The van der Waals surface area contributed by atoms with Crippen molar-refractivity contribution in [3.8, 4) is 0 Å². The number of ether oxygens (including phenoxy) is 2. The highest BCUT2D eigenvalue weighted by molar-refractivity contribution is 5.40. The minimum absolute atomic E-state index is 0.213. The molecule has 0 aliphatic carbocycles. The van der Waals surface area contributed by atoms with Crippen molar-refractivity contribution in [2.24, 2.45) is 0 Å². The molecule has 1 aromatic heterocycles.